The second-order valence-electron chi connectivity index (χ2n) is 9.28. The molecular weight excluding hydrogens is 496 g/mol. The normalized spacial score (nSPS) is 11.9. The Labute approximate surface area is 208 Å². The van der Waals surface area contributed by atoms with Gasteiger partial charge in [0.25, 0.3) is 0 Å². The summed E-state index contributed by atoms with van der Waals surface area (Å²) in [6.45, 7) is 9.14. The van der Waals surface area contributed by atoms with E-state index in [1.807, 2.05) is 65.0 Å². The Morgan fingerprint density at radius 2 is 1.79 bits per heavy atom. The molecule has 0 unspecified atom stereocenters. The van der Waals surface area contributed by atoms with Gasteiger partial charge in [0.15, 0.2) is 5.78 Å². The number of carbonyl (C=O) groups is 3. The van der Waals surface area contributed by atoms with Crippen molar-refractivity contribution in [2.75, 3.05) is 6.54 Å². The van der Waals surface area contributed by atoms with Crippen LogP contribution in [0.5, 0.6) is 0 Å². The number of hydrogen-bond acceptors (Lipinski definition) is 4. The molecular formula is C27H29BrN2O4. The molecule has 0 saturated carbocycles. The number of ether oxygens (including phenoxy) is 1. The van der Waals surface area contributed by atoms with Crippen molar-refractivity contribution >= 4 is 50.7 Å². The van der Waals surface area contributed by atoms with Gasteiger partial charge in [-0.1, -0.05) is 46.3 Å². The molecule has 0 aliphatic carbocycles. The Hall–Kier alpha value is -3.19. The lowest BCUT2D eigenvalue weighted by Gasteiger charge is -2.24. The van der Waals surface area contributed by atoms with Crippen LogP contribution in [0.15, 0.2) is 65.3 Å². The van der Waals surface area contributed by atoms with Gasteiger partial charge in [0.2, 0.25) is 5.91 Å². The Morgan fingerprint density at radius 1 is 1.09 bits per heavy atom. The standard InChI is InChI=1S/C27H29BrN2O4/c1-18(2)29(17-24(31)19-9-8-10-21(28)15-19)25(32)14-13-20-16-30(26(33)34-27(3,4)5)23-12-7-6-11-22(20)23/h6-16,18H,17H2,1-5H3/b14-13+. The maximum Gasteiger partial charge on any atom is 0.419 e. The van der Waals surface area contributed by atoms with Crippen LogP contribution < -0.4 is 0 Å². The minimum atomic E-state index is -0.632. The molecule has 1 aromatic heterocycles. The van der Waals surface area contributed by atoms with Gasteiger partial charge in [-0.2, -0.15) is 0 Å². The smallest absolute Gasteiger partial charge is 0.419 e. The molecule has 0 aliphatic heterocycles. The predicted molar refractivity (Wildman–Crippen MR) is 138 cm³/mol. The number of hydrogen-bond donors (Lipinski definition) is 0. The van der Waals surface area contributed by atoms with Crippen LogP contribution in [-0.2, 0) is 9.53 Å². The number of fused-ring (bicyclic) bond motifs is 1. The summed E-state index contributed by atoms with van der Waals surface area (Å²) in [5.74, 6) is -0.425. The quantitative estimate of drug-likeness (QED) is 0.279. The first-order valence-electron chi connectivity index (χ1n) is 11.1. The summed E-state index contributed by atoms with van der Waals surface area (Å²) in [7, 11) is 0. The van der Waals surface area contributed by atoms with E-state index in [9.17, 15) is 14.4 Å². The average Bonchev–Trinajstić information content (AvgIpc) is 3.13. The highest BCUT2D eigenvalue weighted by Crippen LogP contribution is 2.24. The van der Waals surface area contributed by atoms with E-state index >= 15 is 0 Å². The summed E-state index contributed by atoms with van der Waals surface area (Å²) in [6.07, 6.45) is 4.28. The molecule has 0 saturated heterocycles. The van der Waals surface area contributed by atoms with Crippen LogP contribution >= 0.6 is 15.9 Å². The van der Waals surface area contributed by atoms with E-state index in [0.29, 0.717) is 16.6 Å². The molecule has 0 radical (unpaired) electrons. The maximum atomic E-state index is 13.0. The van der Waals surface area contributed by atoms with Gasteiger partial charge in [0, 0.05) is 39.3 Å². The van der Waals surface area contributed by atoms with Crippen LogP contribution in [0.25, 0.3) is 17.0 Å². The number of rotatable bonds is 6. The molecule has 0 N–H and O–H groups in total. The third-order valence-corrected chi connectivity index (χ3v) is 5.60. The predicted octanol–water partition coefficient (Wildman–Crippen LogP) is 6.32. The summed E-state index contributed by atoms with van der Waals surface area (Å²) in [4.78, 5) is 40.0. The van der Waals surface area contributed by atoms with E-state index in [4.69, 9.17) is 4.74 Å². The molecule has 3 aromatic rings. The molecule has 0 aliphatic rings. The summed E-state index contributed by atoms with van der Waals surface area (Å²) in [5.41, 5.74) is 1.30. The molecule has 3 rings (SSSR count). The molecule has 7 heteroatoms. The van der Waals surface area contributed by atoms with Crippen molar-refractivity contribution in [3.05, 3.63) is 76.4 Å². The maximum absolute atomic E-state index is 13.0. The summed E-state index contributed by atoms with van der Waals surface area (Å²) in [6, 6.07) is 14.4. The lowest BCUT2D eigenvalue weighted by atomic mass is 10.1. The highest BCUT2D eigenvalue weighted by Gasteiger charge is 2.22. The molecule has 0 bridgehead atoms. The number of benzene rings is 2. The van der Waals surface area contributed by atoms with Gasteiger partial charge in [-0.25, -0.2) is 4.79 Å². The van der Waals surface area contributed by atoms with E-state index in [0.717, 1.165) is 9.86 Å². The number of aromatic nitrogens is 1. The second kappa shape index (κ2) is 10.4. The Morgan fingerprint density at radius 3 is 2.44 bits per heavy atom. The molecule has 0 fully saturated rings. The minimum absolute atomic E-state index is 0.0308. The highest BCUT2D eigenvalue weighted by atomic mass is 79.9. The monoisotopic (exact) mass is 524 g/mol. The molecule has 0 atom stereocenters. The summed E-state index contributed by atoms with van der Waals surface area (Å²) < 4.78 is 7.77. The molecule has 6 nitrogen and oxygen atoms in total. The third-order valence-electron chi connectivity index (χ3n) is 5.11. The third kappa shape index (κ3) is 6.23. The van der Waals surface area contributed by atoms with Crippen molar-refractivity contribution in [1.29, 1.82) is 0 Å². The van der Waals surface area contributed by atoms with Crippen molar-refractivity contribution in [3.63, 3.8) is 0 Å². The summed E-state index contributed by atoms with van der Waals surface area (Å²) >= 11 is 3.37. The number of nitrogens with zero attached hydrogens (tertiary/aromatic N) is 2. The number of amides is 1. The lowest BCUT2D eigenvalue weighted by Crippen LogP contribution is -2.39. The Kier molecular flexibility index (Phi) is 7.77. The van der Waals surface area contributed by atoms with Gasteiger partial charge in [0.1, 0.15) is 5.60 Å². The van der Waals surface area contributed by atoms with E-state index in [2.05, 4.69) is 15.9 Å². The summed E-state index contributed by atoms with van der Waals surface area (Å²) in [5, 5.41) is 0.818. The van der Waals surface area contributed by atoms with E-state index in [-0.39, 0.29) is 24.3 Å². The number of carbonyl (C=O) groups excluding carboxylic acids is 3. The first-order chi connectivity index (χ1) is 16.0. The van der Waals surface area contributed by atoms with Crippen LogP contribution in [0.2, 0.25) is 0 Å². The molecule has 2 aromatic carbocycles. The molecule has 1 amide bonds. The number of Topliss-reactive ketones (excluding diaryl/α,β-unsaturated/α-hetero) is 1. The largest absolute Gasteiger partial charge is 0.443 e. The lowest BCUT2D eigenvalue weighted by molar-refractivity contribution is -0.127. The van der Waals surface area contributed by atoms with Crippen molar-refractivity contribution < 1.29 is 19.1 Å². The second-order valence-corrected chi connectivity index (χ2v) is 10.2. The van der Waals surface area contributed by atoms with Crippen LogP contribution in [0.3, 0.4) is 0 Å². The Balaban J connectivity index is 1.85. The van der Waals surface area contributed by atoms with Crippen molar-refractivity contribution in [1.82, 2.24) is 9.47 Å². The fourth-order valence-electron chi connectivity index (χ4n) is 3.48. The number of ketones is 1. The fourth-order valence-corrected chi connectivity index (χ4v) is 3.88. The van der Waals surface area contributed by atoms with Crippen LogP contribution in [0, 0.1) is 0 Å². The number of halogens is 1. The van der Waals surface area contributed by atoms with Gasteiger partial charge in [-0.15, -0.1) is 0 Å². The van der Waals surface area contributed by atoms with Gasteiger partial charge in [-0.3, -0.25) is 14.2 Å². The average molecular weight is 525 g/mol. The van der Waals surface area contributed by atoms with Gasteiger partial charge in [0.05, 0.1) is 12.1 Å². The zero-order chi connectivity index (χ0) is 25.0. The minimum Gasteiger partial charge on any atom is -0.443 e. The Bertz CT molecular complexity index is 1250. The van der Waals surface area contributed by atoms with Gasteiger partial charge >= 0.3 is 6.09 Å². The first-order valence-corrected chi connectivity index (χ1v) is 11.9. The van der Waals surface area contributed by atoms with E-state index in [1.54, 1.807) is 30.5 Å². The van der Waals surface area contributed by atoms with Crippen molar-refractivity contribution in [2.24, 2.45) is 0 Å². The SMILES string of the molecule is CC(C)N(CC(=O)c1cccc(Br)c1)C(=O)/C=C/c1cn(C(=O)OC(C)(C)C)c2ccccc12. The molecule has 1 heterocycles. The zero-order valence-corrected chi connectivity index (χ0v) is 21.6. The first kappa shape index (κ1) is 25.4. The number of para-hydroxylation sites is 1. The van der Waals surface area contributed by atoms with Gasteiger partial charge < -0.3 is 9.64 Å². The van der Waals surface area contributed by atoms with E-state index < -0.39 is 11.7 Å². The highest BCUT2D eigenvalue weighted by molar-refractivity contribution is 9.10. The molecule has 178 valence electrons. The fraction of sp³-hybridized carbons (Fsp3) is 0.296. The van der Waals surface area contributed by atoms with Gasteiger partial charge in [-0.05, 0) is 58.9 Å². The van der Waals surface area contributed by atoms with Crippen LogP contribution in [0.1, 0.15) is 50.5 Å². The molecule has 0 spiro atoms. The zero-order valence-electron chi connectivity index (χ0n) is 20.0. The van der Waals surface area contributed by atoms with Crippen LogP contribution in [-0.4, -0.2) is 45.4 Å². The van der Waals surface area contributed by atoms with Crippen molar-refractivity contribution in [2.45, 2.75) is 46.3 Å². The van der Waals surface area contributed by atoms with Crippen LogP contribution in [0.4, 0.5) is 4.79 Å². The topological polar surface area (TPSA) is 68.6 Å². The van der Waals surface area contributed by atoms with Crippen molar-refractivity contribution in [3.8, 4) is 0 Å². The molecule has 34 heavy (non-hydrogen) atoms. The van der Waals surface area contributed by atoms with E-state index in [1.165, 1.54) is 15.5 Å².